The number of ether oxygens (including phenoxy) is 1. The molecule has 0 amide bonds. The maximum Gasteiger partial charge on any atom is 0.135 e. The van der Waals surface area contributed by atoms with Gasteiger partial charge in [-0.2, -0.15) is 0 Å². The molecule has 0 atom stereocenters. The third-order valence-electron chi connectivity index (χ3n) is 2.82. The van der Waals surface area contributed by atoms with Crippen molar-refractivity contribution in [2.45, 2.75) is 6.54 Å². The van der Waals surface area contributed by atoms with Crippen LogP contribution in [0.15, 0.2) is 34.7 Å². The molecule has 114 valence electrons. The van der Waals surface area contributed by atoms with Crippen LogP contribution in [0.2, 0.25) is 5.02 Å². The fourth-order valence-electron chi connectivity index (χ4n) is 1.83. The van der Waals surface area contributed by atoms with E-state index in [4.69, 9.17) is 25.9 Å². The first kappa shape index (κ1) is 16.8. The summed E-state index contributed by atoms with van der Waals surface area (Å²) in [4.78, 5) is 0. The zero-order chi connectivity index (χ0) is 15.1. The molecule has 2 aromatic rings. The molecule has 1 aromatic carbocycles. The second-order valence-corrected chi connectivity index (χ2v) is 6.06. The molecule has 0 bridgehead atoms. The van der Waals surface area contributed by atoms with Gasteiger partial charge in [0.15, 0.2) is 0 Å². The van der Waals surface area contributed by atoms with E-state index in [2.05, 4.69) is 27.9 Å². The minimum absolute atomic E-state index is 0.0539. The minimum Gasteiger partial charge on any atom is -0.460 e. The molecule has 0 aliphatic rings. The molecule has 0 aliphatic carbocycles. The third kappa shape index (κ3) is 5.27. The summed E-state index contributed by atoms with van der Waals surface area (Å²) in [5.74, 6) is 1.62. The highest BCUT2D eigenvalue weighted by Gasteiger charge is 2.08. The number of furan rings is 1. The standard InChI is InChI=1S/C15H17ClINO3/c16-14-9-11(17)1-3-13(14)15-4-2-12(21-15)10-18-5-7-20-8-6-19/h1-4,9,18-19H,5-8,10H2. The van der Waals surface area contributed by atoms with Crippen molar-refractivity contribution in [1.82, 2.24) is 5.32 Å². The van der Waals surface area contributed by atoms with Crippen LogP contribution in [0.4, 0.5) is 0 Å². The molecule has 6 heteroatoms. The predicted octanol–water partition coefficient (Wildman–Crippen LogP) is 3.30. The highest BCUT2D eigenvalue weighted by Crippen LogP contribution is 2.30. The Labute approximate surface area is 142 Å². The largest absolute Gasteiger partial charge is 0.460 e. The first-order chi connectivity index (χ1) is 10.2. The van der Waals surface area contributed by atoms with Crippen molar-refractivity contribution in [2.24, 2.45) is 0 Å². The van der Waals surface area contributed by atoms with Gasteiger partial charge in [0.2, 0.25) is 0 Å². The van der Waals surface area contributed by atoms with Gasteiger partial charge in [0.25, 0.3) is 0 Å². The molecule has 1 aromatic heterocycles. The highest BCUT2D eigenvalue weighted by molar-refractivity contribution is 14.1. The summed E-state index contributed by atoms with van der Waals surface area (Å²) in [6.45, 7) is 2.33. The van der Waals surface area contributed by atoms with Crippen LogP contribution >= 0.6 is 34.2 Å². The lowest BCUT2D eigenvalue weighted by atomic mass is 10.2. The van der Waals surface area contributed by atoms with E-state index >= 15 is 0 Å². The van der Waals surface area contributed by atoms with E-state index in [-0.39, 0.29) is 6.61 Å². The number of benzene rings is 1. The van der Waals surface area contributed by atoms with E-state index in [1.807, 2.05) is 30.3 Å². The Morgan fingerprint density at radius 2 is 2.10 bits per heavy atom. The van der Waals surface area contributed by atoms with Crippen LogP contribution < -0.4 is 5.32 Å². The smallest absolute Gasteiger partial charge is 0.135 e. The molecule has 0 unspecified atom stereocenters. The third-order valence-corrected chi connectivity index (χ3v) is 3.80. The Hall–Kier alpha value is -0.600. The summed E-state index contributed by atoms with van der Waals surface area (Å²) in [7, 11) is 0. The monoisotopic (exact) mass is 421 g/mol. The lowest BCUT2D eigenvalue weighted by Crippen LogP contribution is -2.19. The summed E-state index contributed by atoms with van der Waals surface area (Å²) in [6.07, 6.45) is 0. The Balaban J connectivity index is 1.86. The van der Waals surface area contributed by atoms with E-state index in [0.29, 0.717) is 31.3 Å². The van der Waals surface area contributed by atoms with Crippen molar-refractivity contribution < 1.29 is 14.3 Å². The molecular weight excluding hydrogens is 405 g/mol. The zero-order valence-electron chi connectivity index (χ0n) is 11.4. The van der Waals surface area contributed by atoms with Gasteiger partial charge in [0, 0.05) is 15.7 Å². The van der Waals surface area contributed by atoms with Gasteiger partial charge in [0.05, 0.1) is 31.4 Å². The lowest BCUT2D eigenvalue weighted by molar-refractivity contribution is 0.0936. The number of rotatable bonds is 8. The van der Waals surface area contributed by atoms with E-state index in [1.54, 1.807) is 0 Å². The molecule has 2 N–H and O–H groups in total. The average molecular weight is 422 g/mol. The first-order valence-electron chi connectivity index (χ1n) is 6.64. The average Bonchev–Trinajstić information content (AvgIpc) is 2.91. The number of hydrogen-bond acceptors (Lipinski definition) is 4. The predicted molar refractivity (Wildman–Crippen MR) is 91.5 cm³/mol. The van der Waals surface area contributed by atoms with Crippen LogP contribution in [0, 0.1) is 3.57 Å². The normalized spacial score (nSPS) is 11.0. The molecule has 21 heavy (non-hydrogen) atoms. The van der Waals surface area contributed by atoms with Crippen molar-refractivity contribution in [3.05, 3.63) is 44.7 Å². The molecule has 1 heterocycles. The Bertz CT molecular complexity index is 574. The Morgan fingerprint density at radius 1 is 1.24 bits per heavy atom. The highest BCUT2D eigenvalue weighted by atomic mass is 127. The van der Waals surface area contributed by atoms with E-state index in [1.165, 1.54) is 0 Å². The summed E-state index contributed by atoms with van der Waals surface area (Å²) in [5, 5.41) is 12.5. The van der Waals surface area contributed by atoms with Gasteiger partial charge in [-0.3, -0.25) is 0 Å². The van der Waals surface area contributed by atoms with E-state index in [9.17, 15) is 0 Å². The fraction of sp³-hybridized carbons (Fsp3) is 0.333. The van der Waals surface area contributed by atoms with Crippen LogP contribution in [0.3, 0.4) is 0 Å². The second kappa shape index (κ2) is 8.75. The Kier molecular flexibility index (Phi) is 6.98. The SMILES string of the molecule is OCCOCCNCc1ccc(-c2ccc(I)cc2Cl)o1. The van der Waals surface area contributed by atoms with Crippen molar-refractivity contribution in [1.29, 1.82) is 0 Å². The van der Waals surface area contributed by atoms with Crippen LogP contribution in [0.1, 0.15) is 5.76 Å². The first-order valence-corrected chi connectivity index (χ1v) is 8.10. The molecule has 0 fully saturated rings. The van der Waals surface area contributed by atoms with Gasteiger partial charge >= 0.3 is 0 Å². The summed E-state index contributed by atoms with van der Waals surface area (Å²) in [6, 6.07) is 9.73. The lowest BCUT2D eigenvalue weighted by Gasteiger charge is -2.04. The van der Waals surface area contributed by atoms with Crippen LogP contribution in [0.25, 0.3) is 11.3 Å². The molecule has 0 spiro atoms. The number of hydrogen-bond donors (Lipinski definition) is 2. The van der Waals surface area contributed by atoms with Crippen molar-refractivity contribution in [3.63, 3.8) is 0 Å². The molecule has 4 nitrogen and oxygen atoms in total. The quantitative estimate of drug-likeness (QED) is 0.507. The number of aliphatic hydroxyl groups excluding tert-OH is 1. The van der Waals surface area contributed by atoms with Gasteiger partial charge in [-0.05, 0) is 52.9 Å². The van der Waals surface area contributed by atoms with E-state index < -0.39 is 0 Å². The molecule has 0 saturated heterocycles. The van der Waals surface area contributed by atoms with Gasteiger partial charge in [-0.15, -0.1) is 0 Å². The van der Waals surface area contributed by atoms with Crippen LogP contribution in [-0.2, 0) is 11.3 Å². The topological polar surface area (TPSA) is 54.6 Å². The zero-order valence-corrected chi connectivity index (χ0v) is 14.4. The molecule has 0 radical (unpaired) electrons. The number of halogens is 2. The fourth-order valence-corrected chi connectivity index (χ4v) is 2.78. The summed E-state index contributed by atoms with van der Waals surface area (Å²) >= 11 is 8.46. The Morgan fingerprint density at radius 3 is 2.86 bits per heavy atom. The van der Waals surface area contributed by atoms with Crippen molar-refractivity contribution in [2.75, 3.05) is 26.4 Å². The van der Waals surface area contributed by atoms with Crippen molar-refractivity contribution in [3.8, 4) is 11.3 Å². The second-order valence-electron chi connectivity index (χ2n) is 4.40. The van der Waals surface area contributed by atoms with Gasteiger partial charge < -0.3 is 19.6 Å². The molecular formula is C15H17ClINO3. The minimum atomic E-state index is 0.0539. The molecule has 0 aliphatic heterocycles. The maximum absolute atomic E-state index is 8.58. The number of nitrogens with one attached hydrogen (secondary N) is 1. The van der Waals surface area contributed by atoms with Gasteiger partial charge in [-0.1, -0.05) is 11.6 Å². The van der Waals surface area contributed by atoms with Crippen LogP contribution in [0.5, 0.6) is 0 Å². The molecule has 0 saturated carbocycles. The molecule has 2 rings (SSSR count). The summed E-state index contributed by atoms with van der Waals surface area (Å²) < 4.78 is 12.0. The number of aliphatic hydroxyl groups is 1. The van der Waals surface area contributed by atoms with Crippen LogP contribution in [-0.4, -0.2) is 31.5 Å². The van der Waals surface area contributed by atoms with Gasteiger partial charge in [0.1, 0.15) is 11.5 Å². The summed E-state index contributed by atoms with van der Waals surface area (Å²) in [5.41, 5.74) is 0.898. The van der Waals surface area contributed by atoms with Crippen molar-refractivity contribution >= 4 is 34.2 Å². The van der Waals surface area contributed by atoms with Gasteiger partial charge in [-0.25, -0.2) is 0 Å². The maximum atomic E-state index is 8.58. The van der Waals surface area contributed by atoms with E-state index in [0.717, 1.165) is 20.7 Å².